The van der Waals surface area contributed by atoms with Crippen molar-refractivity contribution in [1.29, 1.82) is 0 Å². The van der Waals surface area contributed by atoms with Gasteiger partial charge in [0.2, 0.25) is 0 Å². The molecule has 0 aliphatic carbocycles. The zero-order chi connectivity index (χ0) is 23.5. The molecule has 0 spiro atoms. The molecular weight excluding hydrogens is 424 g/mol. The Hall–Kier alpha value is -4.19. The summed E-state index contributed by atoms with van der Waals surface area (Å²) in [4.78, 5) is 22.8. The first-order valence-electron chi connectivity index (χ1n) is 11.5. The number of carbonyl (C=O) groups excluding carboxylic acids is 1. The zero-order valence-electron chi connectivity index (χ0n) is 19.1. The molecule has 0 saturated heterocycles. The molecule has 5 rings (SSSR count). The lowest BCUT2D eigenvalue weighted by Crippen LogP contribution is -2.09. The van der Waals surface area contributed by atoms with E-state index in [0.717, 1.165) is 36.0 Å². The van der Waals surface area contributed by atoms with E-state index >= 15 is 0 Å². The minimum atomic E-state index is -0.519. The van der Waals surface area contributed by atoms with Gasteiger partial charge in [-0.2, -0.15) is 0 Å². The average molecular weight is 451 g/mol. The molecule has 0 aliphatic rings. The van der Waals surface area contributed by atoms with Crippen LogP contribution in [0.15, 0.2) is 78.9 Å². The molecule has 2 N–H and O–H groups in total. The third kappa shape index (κ3) is 4.10. The molecule has 2 aromatic heterocycles. The van der Waals surface area contributed by atoms with E-state index in [1.807, 2.05) is 66.7 Å². The van der Waals surface area contributed by atoms with Crippen LogP contribution in [0.2, 0.25) is 0 Å². The Labute approximate surface area is 198 Å². The lowest BCUT2D eigenvalue weighted by molar-refractivity contribution is 0.0476. The van der Waals surface area contributed by atoms with E-state index in [4.69, 9.17) is 20.4 Å². The van der Waals surface area contributed by atoms with Crippen LogP contribution in [0.3, 0.4) is 0 Å². The first kappa shape index (κ1) is 21.6. The molecule has 34 heavy (non-hydrogen) atoms. The number of rotatable bonds is 7. The summed E-state index contributed by atoms with van der Waals surface area (Å²) in [5, 5.41) is 0. The maximum absolute atomic E-state index is 13.2. The number of nitrogen functional groups attached to an aromatic ring is 1. The number of hydrogen-bond donors (Lipinski definition) is 1. The van der Waals surface area contributed by atoms with Gasteiger partial charge in [0.1, 0.15) is 23.5 Å². The normalized spacial score (nSPS) is 11.2. The van der Waals surface area contributed by atoms with Crippen molar-refractivity contribution < 1.29 is 9.53 Å². The Morgan fingerprint density at radius 2 is 1.56 bits per heavy atom. The van der Waals surface area contributed by atoms with E-state index in [-0.39, 0.29) is 18.0 Å². The molecular formula is C28H26N4O2. The molecule has 0 unspecified atom stereocenters. The highest BCUT2D eigenvalue weighted by molar-refractivity contribution is 6.09. The van der Waals surface area contributed by atoms with Crippen LogP contribution in [0.1, 0.15) is 41.3 Å². The van der Waals surface area contributed by atoms with Crippen LogP contribution in [0.25, 0.3) is 27.9 Å². The number of fused-ring (bicyclic) bond motifs is 2. The standard InChI is InChI=1S/C28H26N4O2/c1-2-3-9-19-14-16-21(17-15-19)32-26(29)24(28(33)34-18-20-10-5-4-6-11-20)25-27(32)31-23-13-8-7-12-22(23)30-25/h4-8,10-17H,2-3,9,18,29H2,1H3. The molecule has 5 aromatic rings. The fourth-order valence-electron chi connectivity index (χ4n) is 4.11. The number of benzene rings is 3. The molecule has 0 amide bonds. The molecule has 0 saturated carbocycles. The van der Waals surface area contributed by atoms with E-state index in [0.29, 0.717) is 16.7 Å². The van der Waals surface area contributed by atoms with Gasteiger partial charge >= 0.3 is 5.97 Å². The Morgan fingerprint density at radius 1 is 0.882 bits per heavy atom. The lowest BCUT2D eigenvalue weighted by atomic mass is 10.1. The first-order valence-corrected chi connectivity index (χ1v) is 11.5. The van der Waals surface area contributed by atoms with Crippen LogP contribution in [-0.2, 0) is 17.8 Å². The highest BCUT2D eigenvalue weighted by atomic mass is 16.5. The van der Waals surface area contributed by atoms with E-state index in [1.54, 1.807) is 4.57 Å². The van der Waals surface area contributed by atoms with Gasteiger partial charge in [0.05, 0.1) is 11.0 Å². The number of aromatic nitrogens is 3. The molecule has 3 aromatic carbocycles. The quantitative estimate of drug-likeness (QED) is 0.314. The third-order valence-corrected chi connectivity index (χ3v) is 5.93. The number of unbranched alkanes of at least 4 members (excludes halogenated alkanes) is 1. The van der Waals surface area contributed by atoms with Crippen molar-refractivity contribution in [3.8, 4) is 5.69 Å². The predicted octanol–water partition coefficient (Wildman–Crippen LogP) is 5.86. The van der Waals surface area contributed by atoms with Gasteiger partial charge in [-0.05, 0) is 48.2 Å². The van der Waals surface area contributed by atoms with Crippen molar-refractivity contribution >= 4 is 34.0 Å². The first-order chi connectivity index (χ1) is 16.7. The third-order valence-electron chi connectivity index (χ3n) is 5.93. The summed E-state index contributed by atoms with van der Waals surface area (Å²) in [5.74, 6) is -0.251. The SMILES string of the molecule is CCCCc1ccc(-n2c(N)c(C(=O)OCc3ccccc3)c3nc4ccccc4nc32)cc1. The number of esters is 1. The van der Waals surface area contributed by atoms with Crippen LogP contribution in [0.5, 0.6) is 0 Å². The van der Waals surface area contributed by atoms with Gasteiger partial charge in [0, 0.05) is 5.69 Å². The summed E-state index contributed by atoms with van der Waals surface area (Å²) in [6, 6.07) is 25.3. The number of aryl methyl sites for hydroxylation is 1. The van der Waals surface area contributed by atoms with Crippen molar-refractivity contribution in [3.05, 3.63) is 95.6 Å². The van der Waals surface area contributed by atoms with Gasteiger partial charge in [-0.1, -0.05) is 67.9 Å². The van der Waals surface area contributed by atoms with E-state index < -0.39 is 5.97 Å². The van der Waals surface area contributed by atoms with Gasteiger partial charge in [-0.3, -0.25) is 4.57 Å². The number of ether oxygens (including phenoxy) is 1. The summed E-state index contributed by atoms with van der Waals surface area (Å²) in [6.45, 7) is 2.33. The second-order valence-electron chi connectivity index (χ2n) is 8.31. The fourth-order valence-corrected chi connectivity index (χ4v) is 4.11. The van der Waals surface area contributed by atoms with Crippen molar-refractivity contribution in [2.45, 2.75) is 32.8 Å². The maximum atomic E-state index is 13.2. The highest BCUT2D eigenvalue weighted by Crippen LogP contribution is 2.32. The van der Waals surface area contributed by atoms with Crippen LogP contribution in [0.4, 0.5) is 5.82 Å². The number of hydrogen-bond acceptors (Lipinski definition) is 5. The van der Waals surface area contributed by atoms with E-state index in [9.17, 15) is 4.79 Å². The molecule has 6 heteroatoms. The number of nitrogens with zero attached hydrogens (tertiary/aromatic N) is 3. The summed E-state index contributed by atoms with van der Waals surface area (Å²) >= 11 is 0. The number of anilines is 1. The lowest BCUT2D eigenvalue weighted by Gasteiger charge is -2.09. The minimum absolute atomic E-state index is 0.152. The second kappa shape index (κ2) is 9.35. The molecule has 0 fully saturated rings. The highest BCUT2D eigenvalue weighted by Gasteiger charge is 2.26. The van der Waals surface area contributed by atoms with Crippen molar-refractivity contribution in [2.24, 2.45) is 0 Å². The second-order valence-corrected chi connectivity index (χ2v) is 8.31. The monoisotopic (exact) mass is 450 g/mol. The fraction of sp³-hybridized carbons (Fsp3) is 0.179. The largest absolute Gasteiger partial charge is 0.457 e. The Kier molecular flexibility index (Phi) is 5.95. The molecule has 0 aliphatic heterocycles. The summed E-state index contributed by atoms with van der Waals surface area (Å²) < 4.78 is 7.42. The van der Waals surface area contributed by atoms with Crippen molar-refractivity contribution in [3.63, 3.8) is 0 Å². The molecule has 6 nitrogen and oxygen atoms in total. The molecule has 2 heterocycles. The van der Waals surface area contributed by atoms with Crippen molar-refractivity contribution in [1.82, 2.24) is 14.5 Å². The average Bonchev–Trinajstić information content (AvgIpc) is 3.16. The van der Waals surface area contributed by atoms with Gasteiger partial charge < -0.3 is 10.5 Å². The summed E-state index contributed by atoms with van der Waals surface area (Å²) in [6.07, 6.45) is 3.32. The Morgan fingerprint density at radius 3 is 2.26 bits per heavy atom. The Balaban J connectivity index is 1.61. The predicted molar refractivity (Wildman–Crippen MR) is 135 cm³/mol. The summed E-state index contributed by atoms with van der Waals surface area (Å²) in [5.41, 5.74) is 12.2. The van der Waals surface area contributed by atoms with Crippen LogP contribution < -0.4 is 5.73 Å². The van der Waals surface area contributed by atoms with Crippen LogP contribution in [0, 0.1) is 0 Å². The molecule has 0 bridgehead atoms. The van der Waals surface area contributed by atoms with Gasteiger partial charge in [-0.25, -0.2) is 14.8 Å². The molecule has 170 valence electrons. The van der Waals surface area contributed by atoms with Crippen LogP contribution >= 0.6 is 0 Å². The topological polar surface area (TPSA) is 83.0 Å². The number of nitrogens with two attached hydrogens (primary N) is 1. The van der Waals surface area contributed by atoms with Gasteiger partial charge in [0.25, 0.3) is 0 Å². The maximum Gasteiger partial charge on any atom is 0.344 e. The van der Waals surface area contributed by atoms with Crippen molar-refractivity contribution in [2.75, 3.05) is 5.73 Å². The smallest absolute Gasteiger partial charge is 0.344 e. The summed E-state index contributed by atoms with van der Waals surface area (Å²) in [7, 11) is 0. The van der Waals surface area contributed by atoms with Gasteiger partial charge in [-0.15, -0.1) is 0 Å². The minimum Gasteiger partial charge on any atom is -0.457 e. The Bertz CT molecular complexity index is 1460. The van der Waals surface area contributed by atoms with E-state index in [1.165, 1.54) is 5.56 Å². The number of carbonyl (C=O) groups is 1. The molecule has 0 radical (unpaired) electrons. The molecule has 0 atom stereocenters. The van der Waals surface area contributed by atoms with E-state index in [2.05, 4.69) is 19.1 Å². The zero-order valence-corrected chi connectivity index (χ0v) is 19.1. The number of para-hydroxylation sites is 2. The van der Waals surface area contributed by atoms with Crippen LogP contribution in [-0.4, -0.2) is 20.5 Å². The van der Waals surface area contributed by atoms with Gasteiger partial charge in [0.15, 0.2) is 5.65 Å².